The zero-order chi connectivity index (χ0) is 9.26. The second-order valence-corrected chi connectivity index (χ2v) is 3.69. The van der Waals surface area contributed by atoms with Crippen LogP contribution in [0.2, 0.25) is 0 Å². The lowest BCUT2D eigenvalue weighted by atomic mass is 9.89. The van der Waals surface area contributed by atoms with Crippen LogP contribution in [0.4, 0.5) is 0 Å². The maximum atomic E-state index is 8.87. The minimum absolute atomic E-state index is 0. The summed E-state index contributed by atoms with van der Waals surface area (Å²) in [5.41, 5.74) is 0.565. The number of oxime groups is 1. The summed E-state index contributed by atoms with van der Waals surface area (Å²) in [6, 6.07) is 2.13. The Kier molecular flexibility index (Phi) is 3.73. The molecule has 0 radical (unpaired) electrons. The lowest BCUT2D eigenvalue weighted by Gasteiger charge is -2.19. The van der Waals surface area contributed by atoms with E-state index >= 15 is 0 Å². The molecule has 2 fully saturated rings. The van der Waals surface area contributed by atoms with Crippen LogP contribution in [0.25, 0.3) is 0 Å². The van der Waals surface area contributed by atoms with Gasteiger partial charge in [0.1, 0.15) is 13.2 Å². The van der Waals surface area contributed by atoms with E-state index in [1.807, 2.05) is 0 Å². The van der Waals surface area contributed by atoms with Crippen LogP contribution in [0.15, 0.2) is 5.16 Å². The van der Waals surface area contributed by atoms with Gasteiger partial charge in [-0.15, -0.1) is 12.4 Å². The van der Waals surface area contributed by atoms with Gasteiger partial charge in [-0.25, -0.2) is 0 Å². The van der Waals surface area contributed by atoms with E-state index < -0.39 is 0 Å². The molecule has 2 aliphatic heterocycles. The van der Waals surface area contributed by atoms with Crippen molar-refractivity contribution in [2.45, 2.75) is 6.42 Å². The molecule has 2 aliphatic rings. The molecule has 2 heterocycles. The number of hydrogen-bond acceptors (Lipinski definition) is 4. The molecule has 3 atom stereocenters. The highest BCUT2D eigenvalue weighted by molar-refractivity contribution is 6.00. The molecule has 0 saturated carbocycles. The molecule has 2 saturated heterocycles. The van der Waals surface area contributed by atoms with Crippen LogP contribution in [0.1, 0.15) is 6.42 Å². The average Bonchev–Trinajstić information content (AvgIpc) is 2.74. The molecule has 0 aliphatic carbocycles. The molecule has 0 aromatic rings. The molecule has 0 aromatic heterocycles. The molecule has 78 valence electrons. The maximum Gasteiger partial charge on any atom is 0.161 e. The van der Waals surface area contributed by atoms with Gasteiger partial charge in [0, 0.05) is 19.0 Å². The van der Waals surface area contributed by atoms with Gasteiger partial charge < -0.3 is 9.74 Å². The third-order valence-electron chi connectivity index (χ3n) is 2.99. The number of piperidine rings is 1. The van der Waals surface area contributed by atoms with Crippen molar-refractivity contribution < 1.29 is 4.84 Å². The number of rotatable bonds is 2. The molecule has 14 heavy (non-hydrogen) atoms. The Bertz CT molecular complexity index is 274. The minimum atomic E-state index is 0. The van der Waals surface area contributed by atoms with E-state index in [0.717, 1.165) is 13.1 Å². The third-order valence-corrected chi connectivity index (χ3v) is 2.99. The molecule has 3 unspecified atom stereocenters. The third kappa shape index (κ3) is 1.84. The first-order valence-corrected chi connectivity index (χ1v) is 4.58. The van der Waals surface area contributed by atoms with E-state index in [-0.39, 0.29) is 12.4 Å². The lowest BCUT2D eigenvalue weighted by Crippen LogP contribution is -2.28. The van der Waals surface area contributed by atoms with Crippen LogP contribution in [0.3, 0.4) is 0 Å². The monoisotopic (exact) mass is 215 g/mol. The number of hydrogen-bond donors (Lipinski definition) is 0. The van der Waals surface area contributed by atoms with Gasteiger partial charge in [-0.2, -0.15) is 5.26 Å². The largest absolute Gasteiger partial charge is 0.398 e. The Morgan fingerprint density at radius 3 is 2.79 bits per heavy atom. The van der Waals surface area contributed by atoms with Crippen molar-refractivity contribution in [3.05, 3.63) is 0 Å². The quantitative estimate of drug-likeness (QED) is 0.508. The fraction of sp³-hybridized carbons (Fsp3) is 0.778. The molecule has 4 nitrogen and oxygen atoms in total. The van der Waals surface area contributed by atoms with Crippen molar-refractivity contribution in [2.75, 3.05) is 26.7 Å². The fourth-order valence-electron chi connectivity index (χ4n) is 2.36. The highest BCUT2D eigenvalue weighted by Crippen LogP contribution is 2.33. The Morgan fingerprint density at radius 2 is 2.36 bits per heavy atom. The van der Waals surface area contributed by atoms with Crippen molar-refractivity contribution in [3.63, 3.8) is 0 Å². The van der Waals surface area contributed by atoms with Crippen LogP contribution in [-0.4, -0.2) is 37.4 Å². The smallest absolute Gasteiger partial charge is 0.161 e. The van der Waals surface area contributed by atoms with Crippen LogP contribution in [0, 0.1) is 23.2 Å². The normalized spacial score (nSPS) is 34.9. The van der Waals surface area contributed by atoms with Crippen LogP contribution >= 0.6 is 12.4 Å². The fourth-order valence-corrected chi connectivity index (χ4v) is 2.36. The van der Waals surface area contributed by atoms with Gasteiger partial charge >= 0.3 is 0 Å². The predicted octanol–water partition coefficient (Wildman–Crippen LogP) is 0.886. The summed E-state index contributed by atoms with van der Waals surface area (Å²) >= 11 is 0. The summed E-state index contributed by atoms with van der Waals surface area (Å²) in [5, 5.41) is 12.6. The number of nitrogens with zero attached hydrogens (tertiary/aromatic N) is 3. The predicted molar refractivity (Wildman–Crippen MR) is 55.3 cm³/mol. The molecule has 5 heteroatoms. The Hall–Kier alpha value is -0.790. The van der Waals surface area contributed by atoms with Crippen molar-refractivity contribution in [1.82, 2.24) is 4.90 Å². The summed E-state index contributed by atoms with van der Waals surface area (Å²) in [6.45, 7) is 3.31. The second-order valence-electron chi connectivity index (χ2n) is 3.69. The van der Waals surface area contributed by atoms with Crippen molar-refractivity contribution in [1.29, 1.82) is 5.26 Å². The zero-order valence-electron chi connectivity index (χ0n) is 8.14. The first kappa shape index (κ1) is 11.3. The van der Waals surface area contributed by atoms with Crippen molar-refractivity contribution in [3.8, 4) is 6.07 Å². The molecule has 2 rings (SSSR count). The Labute approximate surface area is 89.9 Å². The van der Waals surface area contributed by atoms with Crippen LogP contribution < -0.4 is 0 Å². The van der Waals surface area contributed by atoms with E-state index in [1.54, 1.807) is 0 Å². The van der Waals surface area contributed by atoms with Crippen molar-refractivity contribution >= 4 is 18.1 Å². The number of fused-ring (bicyclic) bond motifs is 2. The van der Waals surface area contributed by atoms with Gasteiger partial charge in [0.25, 0.3) is 0 Å². The van der Waals surface area contributed by atoms with Gasteiger partial charge in [-0.1, -0.05) is 5.16 Å². The van der Waals surface area contributed by atoms with E-state index in [9.17, 15) is 0 Å². The zero-order valence-corrected chi connectivity index (χ0v) is 8.96. The first-order chi connectivity index (χ1) is 6.35. The van der Waals surface area contributed by atoms with Gasteiger partial charge in [0.15, 0.2) is 5.71 Å². The van der Waals surface area contributed by atoms with Gasteiger partial charge in [-0.3, -0.25) is 0 Å². The molecular formula is C9H14ClN3O. The highest BCUT2D eigenvalue weighted by atomic mass is 35.5. The molecule has 0 aromatic carbocycles. The highest BCUT2D eigenvalue weighted by Gasteiger charge is 2.40. The second kappa shape index (κ2) is 4.63. The van der Waals surface area contributed by atoms with Gasteiger partial charge in [0.05, 0.1) is 0 Å². The van der Waals surface area contributed by atoms with Crippen LogP contribution in [-0.2, 0) is 4.84 Å². The Morgan fingerprint density at radius 1 is 1.57 bits per heavy atom. The number of nitriles is 1. The summed E-state index contributed by atoms with van der Waals surface area (Å²) in [6.07, 6.45) is 1.20. The molecule has 0 N–H and O–H groups in total. The summed E-state index contributed by atoms with van der Waals surface area (Å²) < 4.78 is 0. The molecule has 0 amide bonds. The van der Waals surface area contributed by atoms with E-state index in [4.69, 9.17) is 5.26 Å². The first-order valence-electron chi connectivity index (χ1n) is 4.58. The number of halogens is 1. The summed E-state index contributed by atoms with van der Waals surface area (Å²) in [5.74, 6) is 0.951. The standard InChI is InChI=1S/C9H13N3O.ClH/c1-13-11-9(4-10)8-6-12-3-2-7(8)5-12;/h7-8H,2-3,5-6H2,1H3;1H/b11-9-;. The Balaban J connectivity index is 0.000000980. The topological polar surface area (TPSA) is 48.6 Å². The van der Waals surface area contributed by atoms with Gasteiger partial charge in [0.2, 0.25) is 0 Å². The van der Waals surface area contributed by atoms with E-state index in [1.165, 1.54) is 20.1 Å². The molecule has 2 bridgehead atoms. The average molecular weight is 216 g/mol. The summed E-state index contributed by atoms with van der Waals surface area (Å²) in [7, 11) is 1.49. The minimum Gasteiger partial charge on any atom is -0.398 e. The molecule has 0 spiro atoms. The van der Waals surface area contributed by atoms with Crippen molar-refractivity contribution in [2.24, 2.45) is 17.0 Å². The van der Waals surface area contributed by atoms with E-state index in [0.29, 0.717) is 17.5 Å². The van der Waals surface area contributed by atoms with Gasteiger partial charge in [-0.05, 0) is 18.9 Å². The summed E-state index contributed by atoms with van der Waals surface area (Å²) in [4.78, 5) is 7.05. The molecular weight excluding hydrogens is 202 g/mol. The lowest BCUT2D eigenvalue weighted by molar-refractivity contribution is 0.209. The van der Waals surface area contributed by atoms with Crippen LogP contribution in [0.5, 0.6) is 0 Å². The van der Waals surface area contributed by atoms with E-state index in [2.05, 4.69) is 21.0 Å². The maximum absolute atomic E-state index is 8.87. The SMILES string of the molecule is CO/N=C(/C#N)C1CN2CCC1C2.Cl.